The van der Waals surface area contributed by atoms with Crippen LogP contribution in [0.3, 0.4) is 0 Å². The van der Waals surface area contributed by atoms with Crippen LogP contribution in [0.25, 0.3) is 11.4 Å². The van der Waals surface area contributed by atoms with Crippen LogP contribution in [0.2, 0.25) is 0 Å². The summed E-state index contributed by atoms with van der Waals surface area (Å²) >= 11 is 0. The molecule has 0 radical (unpaired) electrons. The number of aliphatic hydroxyl groups excluding tert-OH is 1. The Morgan fingerprint density at radius 1 is 0.918 bits per heavy atom. The molecule has 12 nitrogen and oxygen atoms in total. The van der Waals surface area contributed by atoms with Crippen molar-refractivity contribution in [3.05, 3.63) is 131 Å². The number of hydrogen-bond donors (Lipinski definition) is 3. The number of pyridine rings is 1. The average molecular weight is 686 g/mol. The van der Waals surface area contributed by atoms with Crippen LogP contribution in [-0.4, -0.2) is 70.8 Å². The van der Waals surface area contributed by atoms with E-state index in [0.717, 1.165) is 16.1 Å². The lowest BCUT2D eigenvalue weighted by Gasteiger charge is -2.25. The molecule has 0 spiro atoms. The Hall–Kier alpha value is -5.47. The number of hydrogen-bond acceptors (Lipinski definition) is 8. The van der Waals surface area contributed by atoms with E-state index in [0.29, 0.717) is 17.0 Å². The molecule has 0 unspecified atom stereocenters. The van der Waals surface area contributed by atoms with Crippen molar-refractivity contribution in [2.75, 3.05) is 17.6 Å². The smallest absolute Gasteiger partial charge is 0.251 e. The van der Waals surface area contributed by atoms with Crippen LogP contribution in [0.1, 0.15) is 44.8 Å². The lowest BCUT2D eigenvalue weighted by atomic mass is 10.00. The van der Waals surface area contributed by atoms with Crippen molar-refractivity contribution < 1.29 is 27.5 Å². The molecular formula is C35H36FN7O5S. The molecule has 5 rings (SSSR count). The number of nitrogens with one attached hydrogen (secondary N) is 2. The first-order valence-electron chi connectivity index (χ1n) is 15.4. The van der Waals surface area contributed by atoms with Crippen LogP contribution in [0, 0.1) is 5.82 Å². The number of carbonyl (C=O) groups is 2. The highest BCUT2D eigenvalue weighted by molar-refractivity contribution is 7.92. The van der Waals surface area contributed by atoms with E-state index in [2.05, 4.69) is 25.9 Å². The third kappa shape index (κ3) is 9.12. The highest BCUT2D eigenvalue weighted by Crippen LogP contribution is 2.23. The maximum Gasteiger partial charge on any atom is 0.251 e. The Bertz CT molecular complexity index is 2010. The van der Waals surface area contributed by atoms with Crippen LogP contribution < -0.4 is 14.9 Å². The van der Waals surface area contributed by atoms with E-state index >= 15 is 0 Å². The standard InChI is InChI=1S/C35H36FN7O5S/c1-23(25-12-14-28(36)15-13-25)38-34(45)26-18-27(20-29(19-26)42(2)49(3,47)48)35(46)39-31(17-24-9-5-4-6-10-24)33(44)22-43-21-32(40-41-43)30-11-7-8-16-37-30/h4-16,18-21,23,31,33,44H,17,22H2,1-3H3,(H,38,45)(H,39,46)/t23-,31+,33+/m1/s1. The van der Waals surface area contributed by atoms with Crippen LogP contribution in [0.15, 0.2) is 103 Å². The quantitative estimate of drug-likeness (QED) is 0.169. The fraction of sp³-hybridized carbons (Fsp3) is 0.229. The molecule has 2 heterocycles. The minimum atomic E-state index is -3.77. The first-order valence-corrected chi connectivity index (χ1v) is 17.2. The number of halogens is 1. The van der Waals surface area contributed by atoms with E-state index in [-0.39, 0.29) is 29.8 Å². The summed E-state index contributed by atoms with van der Waals surface area (Å²) in [5.41, 5.74) is 2.73. The van der Waals surface area contributed by atoms with E-state index in [4.69, 9.17) is 0 Å². The summed E-state index contributed by atoms with van der Waals surface area (Å²) in [6, 6.07) is 23.1. The number of rotatable bonds is 13. The summed E-state index contributed by atoms with van der Waals surface area (Å²) in [6.07, 6.45) is 3.41. The topological polar surface area (TPSA) is 159 Å². The summed E-state index contributed by atoms with van der Waals surface area (Å²) < 4.78 is 40.8. The number of amides is 2. The molecule has 14 heteroatoms. The van der Waals surface area contributed by atoms with Crippen LogP contribution in [-0.2, 0) is 23.0 Å². The second-order valence-electron chi connectivity index (χ2n) is 11.6. The second-order valence-corrected chi connectivity index (χ2v) is 13.6. The molecule has 0 aliphatic heterocycles. The largest absolute Gasteiger partial charge is 0.389 e. The average Bonchev–Trinajstić information content (AvgIpc) is 3.56. The van der Waals surface area contributed by atoms with Crippen LogP contribution >= 0.6 is 0 Å². The number of sulfonamides is 1. The molecule has 254 valence electrons. The van der Waals surface area contributed by atoms with E-state index < -0.39 is 45.8 Å². The molecule has 5 aromatic rings. The van der Waals surface area contributed by atoms with Gasteiger partial charge in [-0.15, -0.1) is 5.10 Å². The molecule has 0 fully saturated rings. The van der Waals surface area contributed by atoms with Gasteiger partial charge in [-0.05, 0) is 66.9 Å². The number of anilines is 1. The van der Waals surface area contributed by atoms with Gasteiger partial charge in [0.2, 0.25) is 10.0 Å². The molecule has 3 aromatic carbocycles. The molecule has 2 amide bonds. The third-order valence-corrected chi connectivity index (χ3v) is 9.15. The lowest BCUT2D eigenvalue weighted by Crippen LogP contribution is -2.46. The van der Waals surface area contributed by atoms with Crippen molar-refractivity contribution in [1.82, 2.24) is 30.6 Å². The van der Waals surface area contributed by atoms with Gasteiger partial charge in [0.1, 0.15) is 11.5 Å². The maximum absolute atomic E-state index is 13.9. The Kier molecular flexibility index (Phi) is 10.8. The van der Waals surface area contributed by atoms with Crippen molar-refractivity contribution in [2.45, 2.75) is 38.1 Å². The van der Waals surface area contributed by atoms with Gasteiger partial charge in [-0.25, -0.2) is 17.5 Å². The van der Waals surface area contributed by atoms with Gasteiger partial charge >= 0.3 is 0 Å². The van der Waals surface area contributed by atoms with Gasteiger partial charge in [-0.2, -0.15) is 0 Å². The van der Waals surface area contributed by atoms with Crippen LogP contribution in [0.5, 0.6) is 0 Å². The van der Waals surface area contributed by atoms with Crippen LogP contribution in [0.4, 0.5) is 10.1 Å². The minimum Gasteiger partial charge on any atom is -0.389 e. The molecule has 0 saturated heterocycles. The second kappa shape index (κ2) is 15.2. The zero-order valence-electron chi connectivity index (χ0n) is 27.1. The van der Waals surface area contributed by atoms with E-state index in [1.165, 1.54) is 42.1 Å². The molecule has 0 saturated carbocycles. The number of carbonyl (C=O) groups excluding carboxylic acids is 2. The predicted octanol–water partition coefficient (Wildman–Crippen LogP) is 3.77. The summed E-state index contributed by atoms with van der Waals surface area (Å²) in [6.45, 7) is 1.71. The number of aromatic nitrogens is 4. The molecule has 0 aliphatic carbocycles. The van der Waals surface area contributed by atoms with Gasteiger partial charge in [0.15, 0.2) is 0 Å². The summed E-state index contributed by atoms with van der Waals surface area (Å²) in [5.74, 6) is -1.64. The SMILES string of the molecule is C[C@@H](NC(=O)c1cc(C(=O)N[C@@H](Cc2ccccc2)[C@@H](O)Cn2cc(-c3ccccn3)nn2)cc(N(C)S(C)(=O)=O)c1)c1ccc(F)cc1. The van der Waals surface area contributed by atoms with Gasteiger partial charge in [-0.3, -0.25) is 18.9 Å². The Labute approximate surface area is 283 Å². The first-order chi connectivity index (χ1) is 23.4. The molecular weight excluding hydrogens is 649 g/mol. The van der Waals surface area contributed by atoms with Crippen molar-refractivity contribution in [3.8, 4) is 11.4 Å². The fourth-order valence-corrected chi connectivity index (χ4v) is 5.59. The van der Waals surface area contributed by atoms with Crippen molar-refractivity contribution in [3.63, 3.8) is 0 Å². The normalized spacial score (nSPS) is 13.2. The van der Waals surface area contributed by atoms with Crippen molar-refractivity contribution in [2.24, 2.45) is 0 Å². The maximum atomic E-state index is 13.9. The van der Waals surface area contributed by atoms with E-state index in [1.807, 2.05) is 36.4 Å². The highest BCUT2D eigenvalue weighted by Gasteiger charge is 2.26. The molecule has 49 heavy (non-hydrogen) atoms. The third-order valence-electron chi connectivity index (χ3n) is 7.94. The van der Waals surface area contributed by atoms with Gasteiger partial charge in [0.05, 0.1) is 48.6 Å². The molecule has 2 aromatic heterocycles. The molecule has 3 atom stereocenters. The summed E-state index contributed by atoms with van der Waals surface area (Å²) in [7, 11) is -2.45. The molecule has 0 bridgehead atoms. The number of aliphatic hydroxyl groups is 1. The molecule has 3 N–H and O–H groups in total. The predicted molar refractivity (Wildman–Crippen MR) is 183 cm³/mol. The van der Waals surface area contributed by atoms with E-state index in [9.17, 15) is 27.5 Å². The van der Waals surface area contributed by atoms with Crippen molar-refractivity contribution in [1.29, 1.82) is 0 Å². The number of benzene rings is 3. The zero-order valence-corrected chi connectivity index (χ0v) is 27.9. The lowest BCUT2D eigenvalue weighted by molar-refractivity contribution is 0.0779. The van der Waals surface area contributed by atoms with Gasteiger partial charge in [-0.1, -0.05) is 53.7 Å². The van der Waals surface area contributed by atoms with E-state index in [1.54, 1.807) is 43.6 Å². The van der Waals surface area contributed by atoms with Gasteiger partial charge in [0, 0.05) is 24.4 Å². The Morgan fingerprint density at radius 2 is 1.57 bits per heavy atom. The Balaban J connectivity index is 1.42. The monoisotopic (exact) mass is 685 g/mol. The summed E-state index contributed by atoms with van der Waals surface area (Å²) in [4.78, 5) is 31.6. The van der Waals surface area contributed by atoms with Gasteiger partial charge in [0.25, 0.3) is 11.8 Å². The molecule has 0 aliphatic rings. The Morgan fingerprint density at radius 3 is 2.20 bits per heavy atom. The van der Waals surface area contributed by atoms with Crippen molar-refractivity contribution >= 4 is 27.5 Å². The summed E-state index contributed by atoms with van der Waals surface area (Å²) in [5, 5.41) is 25.4. The first kappa shape index (κ1) is 34.9. The minimum absolute atomic E-state index is 0.00367. The number of nitrogens with zero attached hydrogens (tertiary/aromatic N) is 5. The highest BCUT2D eigenvalue weighted by atomic mass is 32.2. The zero-order chi connectivity index (χ0) is 35.1. The van der Waals surface area contributed by atoms with Gasteiger partial charge < -0.3 is 15.7 Å². The fourth-order valence-electron chi connectivity index (χ4n) is 5.10.